The average Bonchev–Trinajstić information content (AvgIpc) is 2.63. The Morgan fingerprint density at radius 1 is 1.48 bits per heavy atom. The van der Waals surface area contributed by atoms with E-state index in [2.05, 4.69) is 0 Å². The van der Waals surface area contributed by atoms with Crippen LogP contribution in [-0.2, 0) is 9.30 Å². The van der Waals surface area contributed by atoms with E-state index in [1.165, 1.54) is 4.90 Å². The van der Waals surface area contributed by atoms with Crippen LogP contribution in [0.15, 0.2) is 18.2 Å². The summed E-state index contributed by atoms with van der Waals surface area (Å²) in [6.07, 6.45) is -0.320. The first kappa shape index (κ1) is 16.3. The largest absolute Gasteiger partial charge is 0.465 e. The molecule has 1 aliphatic heterocycles. The van der Waals surface area contributed by atoms with Crippen molar-refractivity contribution in [2.24, 2.45) is 0 Å². The number of nitrogens with zero attached hydrogens (tertiary/aromatic N) is 1. The Labute approximate surface area is 129 Å². The van der Waals surface area contributed by atoms with Gasteiger partial charge in [0, 0.05) is 23.5 Å². The predicted molar refractivity (Wildman–Crippen MR) is 83.4 cm³/mol. The third-order valence-corrected chi connectivity index (χ3v) is 5.40. The van der Waals surface area contributed by atoms with E-state index < -0.39 is 19.3 Å². The second-order valence-electron chi connectivity index (χ2n) is 5.48. The lowest BCUT2D eigenvalue weighted by atomic mass is 10.1. The molecule has 1 aromatic carbocycles. The van der Waals surface area contributed by atoms with Crippen LogP contribution in [0.1, 0.15) is 18.0 Å². The van der Waals surface area contributed by atoms with Crippen LogP contribution in [0.3, 0.4) is 0 Å². The predicted octanol–water partition coefficient (Wildman–Crippen LogP) is 3.03. The first-order valence-corrected chi connectivity index (χ1v) is 9.71. The molecule has 116 valence electrons. The fraction of sp³-hybridized carbons (Fsp3) is 0.500. The van der Waals surface area contributed by atoms with Crippen molar-refractivity contribution < 1.29 is 19.2 Å². The Morgan fingerprint density at radius 2 is 2.19 bits per heavy atom. The highest BCUT2D eigenvalue weighted by molar-refractivity contribution is 7.70. The number of carboxylic acid groups (broad SMARTS) is 1. The van der Waals surface area contributed by atoms with Crippen molar-refractivity contribution in [3.8, 4) is 0 Å². The summed E-state index contributed by atoms with van der Waals surface area (Å²) in [4.78, 5) is 12.8. The van der Waals surface area contributed by atoms with Gasteiger partial charge in [-0.25, -0.2) is 4.79 Å². The lowest BCUT2D eigenvalue weighted by Crippen LogP contribution is -2.35. The van der Waals surface area contributed by atoms with Crippen molar-refractivity contribution in [2.75, 3.05) is 33.1 Å². The first-order chi connectivity index (χ1) is 9.80. The van der Waals surface area contributed by atoms with Gasteiger partial charge in [-0.3, -0.25) is 4.90 Å². The normalized spacial score (nSPS) is 20.1. The van der Waals surface area contributed by atoms with Crippen molar-refractivity contribution in [3.05, 3.63) is 28.8 Å². The second-order valence-corrected chi connectivity index (χ2v) is 9.10. The Morgan fingerprint density at radius 3 is 2.76 bits per heavy atom. The minimum absolute atomic E-state index is 0.279. The summed E-state index contributed by atoms with van der Waals surface area (Å²) in [5, 5.41) is 10.5. The summed E-state index contributed by atoms with van der Waals surface area (Å²) in [6, 6.07) is 4.75. The Bertz CT molecular complexity index is 586. The van der Waals surface area contributed by atoms with Crippen LogP contribution in [0.25, 0.3) is 0 Å². The number of hydrogen-bond acceptors (Lipinski definition) is 3. The smallest absolute Gasteiger partial charge is 0.407 e. The fourth-order valence-corrected chi connectivity index (χ4v) is 3.64. The van der Waals surface area contributed by atoms with E-state index in [1.807, 2.05) is 0 Å². The van der Waals surface area contributed by atoms with Crippen LogP contribution in [0.2, 0.25) is 5.02 Å². The van der Waals surface area contributed by atoms with Crippen molar-refractivity contribution in [2.45, 2.75) is 12.5 Å². The van der Waals surface area contributed by atoms with Gasteiger partial charge in [-0.2, -0.15) is 0 Å². The third-order valence-electron chi connectivity index (χ3n) is 3.55. The molecule has 1 heterocycles. The fourth-order valence-electron chi connectivity index (χ4n) is 2.39. The summed E-state index contributed by atoms with van der Waals surface area (Å²) >= 11 is 6.30. The van der Waals surface area contributed by atoms with Crippen LogP contribution in [-0.4, -0.2) is 49.2 Å². The molecular weight excluding hydrogens is 313 g/mol. The number of hydrogen-bond donors (Lipinski definition) is 1. The molecule has 21 heavy (non-hydrogen) atoms. The molecular formula is C14H19ClNO4P. The standard InChI is InChI=1S/C14H19ClNO4P/c1-21(2,19)10-4-5-11(12(15)8-10)13-9-20-7-3-6-16(13)14(17)18/h4-5,8,13H,3,6-7,9H2,1-2H3,(H,17,18). The maximum Gasteiger partial charge on any atom is 0.407 e. The van der Waals surface area contributed by atoms with Crippen molar-refractivity contribution in [1.29, 1.82) is 0 Å². The van der Waals surface area contributed by atoms with E-state index in [-0.39, 0.29) is 6.61 Å². The monoisotopic (exact) mass is 331 g/mol. The lowest BCUT2D eigenvalue weighted by Gasteiger charge is -2.28. The first-order valence-electron chi connectivity index (χ1n) is 6.73. The molecule has 0 saturated carbocycles. The Balaban J connectivity index is 2.39. The summed E-state index contributed by atoms with van der Waals surface area (Å²) < 4.78 is 17.6. The molecule has 0 bridgehead atoms. The maximum absolute atomic E-state index is 12.1. The lowest BCUT2D eigenvalue weighted by molar-refractivity contribution is 0.0905. The summed E-state index contributed by atoms with van der Waals surface area (Å²) in [5.41, 5.74) is 0.693. The average molecular weight is 332 g/mol. The zero-order valence-corrected chi connectivity index (χ0v) is 13.7. The molecule has 1 amide bonds. The Hall–Kier alpha value is -1.03. The van der Waals surface area contributed by atoms with E-state index in [4.69, 9.17) is 16.3 Å². The molecule has 0 aliphatic carbocycles. The number of ether oxygens (including phenoxy) is 1. The van der Waals surface area contributed by atoms with Gasteiger partial charge >= 0.3 is 6.09 Å². The molecule has 0 aromatic heterocycles. The van der Waals surface area contributed by atoms with Gasteiger partial charge in [0.25, 0.3) is 0 Å². The summed E-state index contributed by atoms with van der Waals surface area (Å²) in [5.74, 6) is 0. The number of amides is 1. The summed E-state index contributed by atoms with van der Waals surface area (Å²) in [6.45, 7) is 4.59. The molecule has 1 atom stereocenters. The Kier molecular flexibility index (Phi) is 4.97. The van der Waals surface area contributed by atoms with Gasteiger partial charge in [0.2, 0.25) is 0 Å². The van der Waals surface area contributed by atoms with Gasteiger partial charge < -0.3 is 14.4 Å². The maximum atomic E-state index is 12.1. The topological polar surface area (TPSA) is 66.8 Å². The van der Waals surface area contributed by atoms with Gasteiger partial charge in [-0.1, -0.05) is 23.7 Å². The molecule has 0 radical (unpaired) electrons. The molecule has 2 rings (SSSR count). The number of rotatable bonds is 2. The van der Waals surface area contributed by atoms with Crippen LogP contribution in [0.5, 0.6) is 0 Å². The van der Waals surface area contributed by atoms with E-state index in [1.54, 1.807) is 31.5 Å². The van der Waals surface area contributed by atoms with Gasteiger partial charge in [-0.15, -0.1) is 0 Å². The minimum Gasteiger partial charge on any atom is -0.465 e. The molecule has 5 nitrogen and oxygen atoms in total. The molecule has 1 saturated heterocycles. The van der Waals surface area contributed by atoms with Gasteiger partial charge in [-0.05, 0) is 31.4 Å². The number of halogens is 1. The van der Waals surface area contributed by atoms with Crippen LogP contribution < -0.4 is 5.30 Å². The van der Waals surface area contributed by atoms with Crippen molar-refractivity contribution in [3.63, 3.8) is 0 Å². The molecule has 1 aliphatic rings. The van der Waals surface area contributed by atoms with Gasteiger partial charge in [0.15, 0.2) is 0 Å². The van der Waals surface area contributed by atoms with E-state index in [0.717, 1.165) is 0 Å². The molecule has 7 heteroatoms. The molecule has 1 aromatic rings. The second kappa shape index (κ2) is 6.39. The third kappa shape index (κ3) is 3.79. The van der Waals surface area contributed by atoms with Crippen LogP contribution in [0, 0.1) is 0 Å². The molecule has 0 spiro atoms. The summed E-state index contributed by atoms with van der Waals surface area (Å²) in [7, 11) is -2.39. The number of benzene rings is 1. The van der Waals surface area contributed by atoms with Gasteiger partial charge in [0.05, 0.1) is 12.6 Å². The quantitative estimate of drug-likeness (QED) is 0.846. The van der Waals surface area contributed by atoms with Crippen LogP contribution in [0.4, 0.5) is 4.79 Å². The van der Waals surface area contributed by atoms with E-state index >= 15 is 0 Å². The zero-order chi connectivity index (χ0) is 15.6. The highest BCUT2D eigenvalue weighted by atomic mass is 35.5. The minimum atomic E-state index is -2.39. The zero-order valence-electron chi connectivity index (χ0n) is 12.1. The van der Waals surface area contributed by atoms with Crippen molar-refractivity contribution >= 4 is 30.1 Å². The van der Waals surface area contributed by atoms with E-state index in [0.29, 0.717) is 35.5 Å². The highest BCUT2D eigenvalue weighted by Gasteiger charge is 2.29. The van der Waals surface area contributed by atoms with Gasteiger partial charge in [0.1, 0.15) is 7.14 Å². The SMILES string of the molecule is CP(C)(=O)c1ccc(C2COCCCN2C(=O)O)c(Cl)c1. The molecule has 1 unspecified atom stereocenters. The highest BCUT2D eigenvalue weighted by Crippen LogP contribution is 2.37. The van der Waals surface area contributed by atoms with Crippen molar-refractivity contribution in [1.82, 2.24) is 4.90 Å². The van der Waals surface area contributed by atoms with E-state index in [9.17, 15) is 14.5 Å². The molecule has 1 N–H and O–H groups in total. The van der Waals surface area contributed by atoms with Crippen LogP contribution >= 0.6 is 18.7 Å². The molecule has 1 fully saturated rings. The number of carbonyl (C=O) groups is 1.